The maximum atomic E-state index is 9.56. The van der Waals surface area contributed by atoms with E-state index in [1.54, 1.807) is 0 Å². The molecule has 13 heavy (non-hydrogen) atoms. The Bertz CT molecular complexity index is 152. The minimum Gasteiger partial charge on any atom is -0.389 e. The fourth-order valence-electron chi connectivity index (χ4n) is 1.68. The van der Waals surface area contributed by atoms with Gasteiger partial charge in [-0.25, -0.2) is 0 Å². The molecule has 1 fully saturated rings. The average molecular weight is 189 g/mol. The van der Waals surface area contributed by atoms with E-state index in [-0.39, 0.29) is 6.04 Å². The lowest BCUT2D eigenvalue weighted by atomic mass is 9.93. The van der Waals surface area contributed by atoms with Gasteiger partial charge < -0.3 is 20.6 Å². The lowest BCUT2D eigenvalue weighted by molar-refractivity contribution is -0.0952. The Labute approximate surface area is 78.6 Å². The van der Waals surface area contributed by atoms with E-state index >= 15 is 0 Å². The van der Waals surface area contributed by atoms with Crippen molar-refractivity contribution < 1.29 is 15.3 Å². The molecule has 0 aromatic heterocycles. The molecule has 0 aliphatic carbocycles. The molecular weight excluding hydrogens is 170 g/mol. The van der Waals surface area contributed by atoms with Gasteiger partial charge in [0.15, 0.2) is 0 Å². The molecule has 78 valence electrons. The Morgan fingerprint density at radius 2 is 1.92 bits per heavy atom. The van der Waals surface area contributed by atoms with Crippen LogP contribution in [0.15, 0.2) is 0 Å². The molecular formula is C9H19NO3. The molecule has 0 aromatic rings. The quantitative estimate of drug-likeness (QED) is 0.470. The van der Waals surface area contributed by atoms with Crippen molar-refractivity contribution in [2.45, 2.75) is 50.5 Å². The predicted molar refractivity (Wildman–Crippen MR) is 49.3 cm³/mol. The van der Waals surface area contributed by atoms with Gasteiger partial charge in [0.05, 0.1) is 12.2 Å². The van der Waals surface area contributed by atoms with Crippen LogP contribution in [0.5, 0.6) is 0 Å². The standard InChI is InChI=1S/C9H19NO3/c1-2-3-4-6-8(12)9(13)7(11)5-10-6/h6-13H,2-5H2,1H3/t6-,7-,8-,9-/m0/s1. The number of piperidine rings is 1. The van der Waals surface area contributed by atoms with Crippen molar-refractivity contribution in [1.82, 2.24) is 5.32 Å². The molecule has 4 nitrogen and oxygen atoms in total. The SMILES string of the molecule is CCCC[C@@H]1NC[C@H](O)[C@H](O)[C@H]1O. The van der Waals surface area contributed by atoms with Crippen molar-refractivity contribution in [3.8, 4) is 0 Å². The van der Waals surface area contributed by atoms with E-state index in [0.717, 1.165) is 19.3 Å². The summed E-state index contributed by atoms with van der Waals surface area (Å²) >= 11 is 0. The maximum absolute atomic E-state index is 9.56. The monoisotopic (exact) mass is 189 g/mol. The van der Waals surface area contributed by atoms with Gasteiger partial charge in [-0.15, -0.1) is 0 Å². The van der Waals surface area contributed by atoms with Crippen LogP contribution in [-0.2, 0) is 0 Å². The average Bonchev–Trinajstić information content (AvgIpc) is 2.13. The van der Waals surface area contributed by atoms with Gasteiger partial charge in [-0.1, -0.05) is 19.8 Å². The second kappa shape index (κ2) is 4.91. The second-order valence-electron chi connectivity index (χ2n) is 3.71. The van der Waals surface area contributed by atoms with Crippen LogP contribution >= 0.6 is 0 Å². The van der Waals surface area contributed by atoms with Gasteiger partial charge in [0.1, 0.15) is 6.10 Å². The van der Waals surface area contributed by atoms with Gasteiger partial charge in [-0.3, -0.25) is 0 Å². The zero-order valence-electron chi connectivity index (χ0n) is 7.98. The summed E-state index contributed by atoms with van der Waals surface area (Å²) in [6.07, 6.45) is 0.272. The predicted octanol–water partition coefficient (Wildman–Crippen LogP) is -0.769. The molecule has 0 radical (unpaired) electrons. The number of nitrogens with one attached hydrogen (secondary N) is 1. The summed E-state index contributed by atoms with van der Waals surface area (Å²) in [4.78, 5) is 0. The molecule has 1 heterocycles. The Morgan fingerprint density at radius 1 is 1.23 bits per heavy atom. The van der Waals surface area contributed by atoms with Crippen LogP contribution in [0.2, 0.25) is 0 Å². The summed E-state index contributed by atoms with van der Waals surface area (Å²) in [7, 11) is 0. The number of unbranched alkanes of at least 4 members (excludes halogenated alkanes) is 1. The Balaban J connectivity index is 2.39. The Hall–Kier alpha value is -0.160. The molecule has 0 bridgehead atoms. The van der Waals surface area contributed by atoms with E-state index < -0.39 is 18.3 Å². The van der Waals surface area contributed by atoms with Crippen LogP contribution in [0, 0.1) is 0 Å². The van der Waals surface area contributed by atoms with Crippen LogP contribution in [-0.4, -0.2) is 46.2 Å². The van der Waals surface area contributed by atoms with Gasteiger partial charge >= 0.3 is 0 Å². The number of hydrogen-bond acceptors (Lipinski definition) is 4. The largest absolute Gasteiger partial charge is 0.389 e. The summed E-state index contributed by atoms with van der Waals surface area (Å²) in [6.45, 7) is 2.45. The van der Waals surface area contributed by atoms with Crippen molar-refractivity contribution >= 4 is 0 Å². The minimum atomic E-state index is -0.997. The third-order valence-electron chi connectivity index (χ3n) is 2.61. The van der Waals surface area contributed by atoms with Crippen molar-refractivity contribution in [1.29, 1.82) is 0 Å². The summed E-state index contributed by atoms with van der Waals surface area (Å²) < 4.78 is 0. The molecule has 0 saturated carbocycles. The van der Waals surface area contributed by atoms with Crippen molar-refractivity contribution in [2.75, 3.05) is 6.54 Å². The first-order valence-electron chi connectivity index (χ1n) is 4.94. The maximum Gasteiger partial charge on any atom is 0.108 e. The molecule has 0 spiro atoms. The molecule has 1 aliphatic heterocycles. The highest BCUT2D eigenvalue weighted by Gasteiger charge is 2.35. The highest BCUT2D eigenvalue weighted by atomic mass is 16.4. The summed E-state index contributed by atoms with van der Waals surface area (Å²) in [5.41, 5.74) is 0. The lowest BCUT2D eigenvalue weighted by Gasteiger charge is -2.36. The zero-order chi connectivity index (χ0) is 9.84. The molecule has 1 saturated heterocycles. The van der Waals surface area contributed by atoms with Crippen LogP contribution < -0.4 is 5.32 Å². The van der Waals surface area contributed by atoms with Crippen molar-refractivity contribution in [3.63, 3.8) is 0 Å². The van der Waals surface area contributed by atoms with E-state index in [9.17, 15) is 15.3 Å². The first-order valence-corrected chi connectivity index (χ1v) is 4.94. The first kappa shape index (κ1) is 10.9. The molecule has 0 unspecified atom stereocenters. The van der Waals surface area contributed by atoms with E-state index in [1.165, 1.54) is 0 Å². The normalized spacial score (nSPS) is 40.6. The van der Waals surface area contributed by atoms with Gasteiger partial charge in [0.2, 0.25) is 0 Å². The molecule has 1 aliphatic rings. The number of rotatable bonds is 3. The van der Waals surface area contributed by atoms with Crippen LogP contribution in [0.25, 0.3) is 0 Å². The third kappa shape index (κ3) is 2.64. The van der Waals surface area contributed by atoms with Crippen LogP contribution in [0.1, 0.15) is 26.2 Å². The number of aliphatic hydroxyl groups excluding tert-OH is 3. The number of aliphatic hydroxyl groups is 3. The van der Waals surface area contributed by atoms with Crippen LogP contribution in [0.3, 0.4) is 0 Å². The summed E-state index contributed by atoms with van der Waals surface area (Å²) in [6, 6.07) is -0.0710. The van der Waals surface area contributed by atoms with Gasteiger partial charge in [0.25, 0.3) is 0 Å². The van der Waals surface area contributed by atoms with Crippen molar-refractivity contribution in [3.05, 3.63) is 0 Å². The molecule has 4 N–H and O–H groups in total. The highest BCUT2D eigenvalue weighted by molar-refractivity contribution is 4.91. The molecule has 4 atom stereocenters. The zero-order valence-corrected chi connectivity index (χ0v) is 7.98. The van der Waals surface area contributed by atoms with Gasteiger partial charge in [-0.05, 0) is 6.42 Å². The summed E-state index contributed by atoms with van der Waals surface area (Å²) in [5.74, 6) is 0. The minimum absolute atomic E-state index is 0.0710. The number of hydrogen-bond donors (Lipinski definition) is 4. The molecule has 4 heteroatoms. The van der Waals surface area contributed by atoms with E-state index in [4.69, 9.17) is 0 Å². The van der Waals surface area contributed by atoms with Gasteiger partial charge in [0, 0.05) is 12.6 Å². The Morgan fingerprint density at radius 3 is 2.54 bits per heavy atom. The summed E-state index contributed by atoms with van der Waals surface area (Å²) in [5, 5.41) is 31.2. The molecule has 0 amide bonds. The molecule has 1 rings (SSSR count). The second-order valence-corrected chi connectivity index (χ2v) is 3.71. The fraction of sp³-hybridized carbons (Fsp3) is 1.00. The van der Waals surface area contributed by atoms with Crippen molar-refractivity contribution in [2.24, 2.45) is 0 Å². The van der Waals surface area contributed by atoms with E-state index in [2.05, 4.69) is 12.2 Å². The lowest BCUT2D eigenvalue weighted by Crippen LogP contribution is -2.59. The topological polar surface area (TPSA) is 72.7 Å². The highest BCUT2D eigenvalue weighted by Crippen LogP contribution is 2.14. The molecule has 0 aromatic carbocycles. The van der Waals surface area contributed by atoms with Gasteiger partial charge in [-0.2, -0.15) is 0 Å². The Kier molecular flexibility index (Phi) is 4.12. The first-order chi connectivity index (χ1) is 6.16. The van der Waals surface area contributed by atoms with E-state index in [1.807, 2.05) is 0 Å². The number of β-amino-alcohol motifs (C(OH)–C–C–N with tert-alkyl or cyclic N) is 1. The van der Waals surface area contributed by atoms with E-state index in [0.29, 0.717) is 6.54 Å². The fourth-order valence-corrected chi connectivity index (χ4v) is 1.68. The third-order valence-corrected chi connectivity index (χ3v) is 2.61. The van der Waals surface area contributed by atoms with Crippen LogP contribution in [0.4, 0.5) is 0 Å². The smallest absolute Gasteiger partial charge is 0.108 e.